The van der Waals surface area contributed by atoms with Gasteiger partial charge in [-0.15, -0.1) is 11.3 Å². The number of hydrogen-bond donors (Lipinski definition) is 2. The van der Waals surface area contributed by atoms with Crippen molar-refractivity contribution in [3.05, 3.63) is 58.3 Å². The number of thiophene rings is 1. The maximum absolute atomic E-state index is 12.5. The van der Waals surface area contributed by atoms with Crippen LogP contribution in [-0.4, -0.2) is 37.5 Å². The molecular formula is C19H22N2O4S. The highest BCUT2D eigenvalue weighted by Crippen LogP contribution is 2.10. The van der Waals surface area contributed by atoms with E-state index in [-0.39, 0.29) is 24.2 Å². The number of nitrogens with one attached hydrogen (secondary N) is 2. The predicted molar refractivity (Wildman–Crippen MR) is 100.0 cm³/mol. The Bertz CT molecular complexity index is 716. The monoisotopic (exact) mass is 374 g/mol. The van der Waals surface area contributed by atoms with Crippen molar-refractivity contribution in [2.75, 3.05) is 13.7 Å². The third-order valence-corrected chi connectivity index (χ3v) is 4.60. The molecule has 1 aromatic heterocycles. The lowest BCUT2D eigenvalue weighted by molar-refractivity contribution is -0.140. The quantitative estimate of drug-likeness (QED) is 0.520. The molecule has 2 aromatic rings. The fourth-order valence-corrected chi connectivity index (χ4v) is 2.99. The molecule has 0 spiro atoms. The van der Waals surface area contributed by atoms with Crippen LogP contribution in [0.4, 0.5) is 0 Å². The van der Waals surface area contributed by atoms with Crippen LogP contribution in [0.25, 0.3) is 0 Å². The lowest BCUT2D eigenvalue weighted by atomic mass is 10.0. The second kappa shape index (κ2) is 10.4. The minimum absolute atomic E-state index is 0.238. The molecular weight excluding hydrogens is 352 g/mol. The summed E-state index contributed by atoms with van der Waals surface area (Å²) in [6.07, 6.45) is 1.11. The van der Waals surface area contributed by atoms with E-state index in [1.165, 1.54) is 18.4 Å². The van der Waals surface area contributed by atoms with Gasteiger partial charge in [0.15, 0.2) is 0 Å². The number of esters is 1. The van der Waals surface area contributed by atoms with E-state index in [2.05, 4.69) is 15.4 Å². The first kappa shape index (κ1) is 19.7. The Morgan fingerprint density at radius 3 is 2.54 bits per heavy atom. The molecule has 1 aromatic carbocycles. The van der Waals surface area contributed by atoms with Crippen LogP contribution in [-0.2, 0) is 20.7 Å². The second-order valence-electron chi connectivity index (χ2n) is 5.66. The predicted octanol–water partition coefficient (Wildman–Crippen LogP) is 2.16. The first-order valence-corrected chi connectivity index (χ1v) is 9.21. The van der Waals surface area contributed by atoms with Crippen molar-refractivity contribution in [3.63, 3.8) is 0 Å². The van der Waals surface area contributed by atoms with Gasteiger partial charge in [0.2, 0.25) is 5.91 Å². The molecule has 1 atom stereocenters. The summed E-state index contributed by atoms with van der Waals surface area (Å²) in [4.78, 5) is 36.5. The van der Waals surface area contributed by atoms with Gasteiger partial charge in [0.25, 0.3) is 5.91 Å². The van der Waals surface area contributed by atoms with Gasteiger partial charge in [0.1, 0.15) is 6.04 Å². The zero-order chi connectivity index (χ0) is 18.8. The van der Waals surface area contributed by atoms with Gasteiger partial charge >= 0.3 is 5.97 Å². The summed E-state index contributed by atoms with van der Waals surface area (Å²) >= 11 is 1.32. The Kier molecular flexibility index (Phi) is 7.82. The molecule has 0 bridgehead atoms. The summed E-state index contributed by atoms with van der Waals surface area (Å²) < 4.78 is 4.57. The number of carbonyl (C=O) groups is 3. The highest BCUT2D eigenvalue weighted by atomic mass is 32.1. The maximum atomic E-state index is 12.5. The van der Waals surface area contributed by atoms with E-state index in [1.807, 2.05) is 35.7 Å². The van der Waals surface area contributed by atoms with Crippen LogP contribution < -0.4 is 10.6 Å². The van der Waals surface area contributed by atoms with Gasteiger partial charge in [-0.25, -0.2) is 0 Å². The average Bonchev–Trinajstić information content (AvgIpc) is 3.20. The zero-order valence-corrected chi connectivity index (χ0v) is 15.4. The summed E-state index contributed by atoms with van der Waals surface area (Å²) in [6.45, 7) is 0.341. The maximum Gasteiger partial charge on any atom is 0.305 e. The summed E-state index contributed by atoms with van der Waals surface area (Å²) in [6, 6.07) is 12.3. The van der Waals surface area contributed by atoms with E-state index in [1.54, 1.807) is 12.1 Å². The van der Waals surface area contributed by atoms with Gasteiger partial charge in [-0.2, -0.15) is 0 Å². The molecule has 0 aliphatic heterocycles. The molecule has 0 fully saturated rings. The van der Waals surface area contributed by atoms with Crippen molar-refractivity contribution in [1.29, 1.82) is 0 Å². The molecule has 2 rings (SSSR count). The Hall–Kier alpha value is -2.67. The van der Waals surface area contributed by atoms with Gasteiger partial charge in [-0.05, 0) is 23.4 Å². The number of amides is 2. The Labute approximate surface area is 156 Å². The Morgan fingerprint density at radius 1 is 1.12 bits per heavy atom. The standard InChI is InChI=1S/C19H22N2O4S/c1-25-17(22)10-5-11-20-18(23)15(13-14-7-3-2-4-8-14)21-19(24)16-9-6-12-26-16/h2-4,6-9,12,15H,5,10-11,13H2,1H3,(H,20,23)(H,21,24). The van der Waals surface area contributed by atoms with Crippen LogP contribution in [0, 0.1) is 0 Å². The summed E-state index contributed by atoms with van der Waals surface area (Å²) in [5.41, 5.74) is 0.952. The topological polar surface area (TPSA) is 84.5 Å². The van der Waals surface area contributed by atoms with Gasteiger partial charge in [0.05, 0.1) is 12.0 Å². The molecule has 2 amide bonds. The molecule has 0 saturated carbocycles. The molecule has 6 nitrogen and oxygen atoms in total. The van der Waals surface area contributed by atoms with Gasteiger partial charge in [-0.1, -0.05) is 36.4 Å². The summed E-state index contributed by atoms with van der Waals surface area (Å²) in [7, 11) is 1.33. The van der Waals surface area contributed by atoms with Crippen molar-refractivity contribution in [2.45, 2.75) is 25.3 Å². The van der Waals surface area contributed by atoms with Crippen molar-refractivity contribution in [3.8, 4) is 0 Å². The summed E-state index contributed by atoms with van der Waals surface area (Å²) in [5.74, 6) is -0.861. The molecule has 0 radical (unpaired) electrons. The fraction of sp³-hybridized carbons (Fsp3) is 0.316. The summed E-state index contributed by atoms with van der Waals surface area (Å²) in [5, 5.41) is 7.38. The number of hydrogen-bond acceptors (Lipinski definition) is 5. The average molecular weight is 374 g/mol. The molecule has 26 heavy (non-hydrogen) atoms. The first-order chi connectivity index (χ1) is 12.6. The van der Waals surface area contributed by atoms with Gasteiger partial charge in [-0.3, -0.25) is 14.4 Å². The highest BCUT2D eigenvalue weighted by molar-refractivity contribution is 7.12. The van der Waals surface area contributed by atoms with Crippen molar-refractivity contribution in [2.24, 2.45) is 0 Å². The molecule has 2 N–H and O–H groups in total. The van der Waals surface area contributed by atoms with Crippen LogP contribution >= 0.6 is 11.3 Å². The van der Waals surface area contributed by atoms with Crippen LogP contribution in [0.1, 0.15) is 28.1 Å². The van der Waals surface area contributed by atoms with Gasteiger partial charge in [0, 0.05) is 19.4 Å². The first-order valence-electron chi connectivity index (χ1n) is 8.33. The molecule has 1 unspecified atom stereocenters. The van der Waals surface area contributed by atoms with Gasteiger partial charge < -0.3 is 15.4 Å². The van der Waals surface area contributed by atoms with E-state index in [0.717, 1.165) is 5.56 Å². The van der Waals surface area contributed by atoms with Crippen LogP contribution in [0.2, 0.25) is 0 Å². The SMILES string of the molecule is COC(=O)CCCNC(=O)C(Cc1ccccc1)NC(=O)c1cccs1. The number of carbonyl (C=O) groups excluding carboxylic acids is 3. The molecule has 1 heterocycles. The van der Waals surface area contributed by atoms with E-state index >= 15 is 0 Å². The Balaban J connectivity index is 1.96. The van der Waals surface area contributed by atoms with Crippen LogP contribution in [0.15, 0.2) is 47.8 Å². The fourth-order valence-electron chi connectivity index (χ4n) is 2.37. The second-order valence-corrected chi connectivity index (χ2v) is 6.61. The zero-order valence-electron chi connectivity index (χ0n) is 14.6. The molecule has 138 valence electrons. The van der Waals surface area contributed by atoms with E-state index in [9.17, 15) is 14.4 Å². The van der Waals surface area contributed by atoms with Crippen molar-refractivity contribution in [1.82, 2.24) is 10.6 Å². The normalized spacial score (nSPS) is 11.4. The van der Waals surface area contributed by atoms with Crippen molar-refractivity contribution >= 4 is 29.1 Å². The van der Waals surface area contributed by atoms with Crippen LogP contribution in [0.5, 0.6) is 0 Å². The molecule has 0 aliphatic rings. The van der Waals surface area contributed by atoms with Crippen LogP contribution in [0.3, 0.4) is 0 Å². The number of ether oxygens (including phenoxy) is 1. The lowest BCUT2D eigenvalue weighted by Gasteiger charge is -2.18. The highest BCUT2D eigenvalue weighted by Gasteiger charge is 2.22. The molecule has 0 aliphatic carbocycles. The third-order valence-electron chi connectivity index (χ3n) is 3.73. The van der Waals surface area contributed by atoms with E-state index < -0.39 is 6.04 Å². The largest absolute Gasteiger partial charge is 0.469 e. The molecule has 0 saturated heterocycles. The number of benzene rings is 1. The Morgan fingerprint density at radius 2 is 1.88 bits per heavy atom. The van der Waals surface area contributed by atoms with E-state index in [0.29, 0.717) is 24.3 Å². The number of methoxy groups -OCH3 is 1. The molecule has 7 heteroatoms. The van der Waals surface area contributed by atoms with Crippen molar-refractivity contribution < 1.29 is 19.1 Å². The lowest BCUT2D eigenvalue weighted by Crippen LogP contribution is -2.48. The number of rotatable bonds is 9. The minimum atomic E-state index is -0.690. The minimum Gasteiger partial charge on any atom is -0.469 e. The third kappa shape index (κ3) is 6.33. The smallest absolute Gasteiger partial charge is 0.305 e. The van der Waals surface area contributed by atoms with E-state index in [4.69, 9.17) is 0 Å².